The van der Waals surface area contributed by atoms with Gasteiger partial charge in [0.1, 0.15) is 11.6 Å². The summed E-state index contributed by atoms with van der Waals surface area (Å²) in [7, 11) is 3.20. The van der Waals surface area contributed by atoms with Crippen LogP contribution in [0.15, 0.2) is 18.2 Å². The van der Waals surface area contributed by atoms with Gasteiger partial charge in [-0.3, -0.25) is 4.90 Å². The number of aliphatic carboxylic acids is 1. The molecule has 0 saturated carbocycles. The lowest BCUT2D eigenvalue weighted by atomic mass is 9.84. The van der Waals surface area contributed by atoms with Gasteiger partial charge in [-0.15, -0.1) is 0 Å². The molecule has 2 rings (SSSR count). The van der Waals surface area contributed by atoms with E-state index in [1.54, 1.807) is 41.1 Å². The molecule has 0 spiro atoms. The molecule has 3 atom stereocenters. The standard InChI is InChI=1S/C24H37NO7/c1-15(2)17-14-18(22(26)27)25(23(28)32-24(3,4)5)21(17)16-9-10-19(30-7)20(13-16)31-12-8-11-29-6/h9-10,13,15,17-18,21H,8,11-12,14H2,1-7H3,(H,26,27)/t17-,18-,21-/m0/s1. The van der Waals surface area contributed by atoms with Gasteiger partial charge in [0.15, 0.2) is 11.5 Å². The number of amides is 1. The number of methoxy groups -OCH3 is 2. The van der Waals surface area contributed by atoms with Crippen molar-refractivity contribution >= 4 is 12.1 Å². The number of carbonyl (C=O) groups excluding carboxylic acids is 1. The number of likely N-dealkylation sites (tertiary alicyclic amines) is 1. The number of carbonyl (C=O) groups is 2. The molecule has 1 aromatic rings. The highest BCUT2D eigenvalue weighted by Gasteiger charge is 2.50. The lowest BCUT2D eigenvalue weighted by molar-refractivity contribution is -0.142. The summed E-state index contributed by atoms with van der Waals surface area (Å²) in [6.45, 7) is 10.4. The lowest BCUT2D eigenvalue weighted by Crippen LogP contribution is -2.44. The van der Waals surface area contributed by atoms with E-state index in [1.165, 1.54) is 4.90 Å². The van der Waals surface area contributed by atoms with E-state index in [0.29, 0.717) is 37.6 Å². The molecule has 0 aromatic heterocycles. The Morgan fingerprint density at radius 3 is 2.38 bits per heavy atom. The maximum absolute atomic E-state index is 13.2. The molecule has 8 heteroatoms. The van der Waals surface area contributed by atoms with Crippen molar-refractivity contribution in [2.45, 2.75) is 65.1 Å². The molecule has 0 aliphatic carbocycles. The minimum atomic E-state index is -1.03. The van der Waals surface area contributed by atoms with Gasteiger partial charge in [0.25, 0.3) is 0 Å². The molecule has 1 amide bonds. The van der Waals surface area contributed by atoms with Crippen molar-refractivity contribution in [3.8, 4) is 11.5 Å². The van der Waals surface area contributed by atoms with Crippen molar-refractivity contribution in [2.24, 2.45) is 11.8 Å². The Kier molecular flexibility index (Phi) is 8.78. The van der Waals surface area contributed by atoms with Crippen LogP contribution in [0.3, 0.4) is 0 Å². The monoisotopic (exact) mass is 451 g/mol. The van der Waals surface area contributed by atoms with Crippen LogP contribution < -0.4 is 9.47 Å². The van der Waals surface area contributed by atoms with Crippen LogP contribution in [0.25, 0.3) is 0 Å². The number of nitrogens with zero attached hydrogens (tertiary/aromatic N) is 1. The van der Waals surface area contributed by atoms with E-state index in [4.69, 9.17) is 18.9 Å². The van der Waals surface area contributed by atoms with Gasteiger partial charge in [0.05, 0.1) is 19.8 Å². The SMILES string of the molecule is COCCCOc1cc([C@H]2[C@H](C(C)C)C[C@@H](C(=O)O)N2C(=O)OC(C)(C)C)ccc1OC. The summed E-state index contributed by atoms with van der Waals surface area (Å²) in [6.07, 6.45) is 0.441. The Morgan fingerprint density at radius 1 is 1.16 bits per heavy atom. The summed E-state index contributed by atoms with van der Waals surface area (Å²) < 4.78 is 22.0. The molecule has 0 unspecified atom stereocenters. The van der Waals surface area contributed by atoms with Gasteiger partial charge >= 0.3 is 12.1 Å². The van der Waals surface area contributed by atoms with Crippen molar-refractivity contribution in [1.82, 2.24) is 4.90 Å². The maximum Gasteiger partial charge on any atom is 0.411 e. The van der Waals surface area contributed by atoms with Gasteiger partial charge in [-0.1, -0.05) is 19.9 Å². The highest BCUT2D eigenvalue weighted by atomic mass is 16.6. The van der Waals surface area contributed by atoms with Gasteiger partial charge in [-0.05, 0) is 56.7 Å². The molecule has 0 bridgehead atoms. The summed E-state index contributed by atoms with van der Waals surface area (Å²) in [5.41, 5.74) is 0.0525. The fourth-order valence-corrected chi connectivity index (χ4v) is 4.10. The zero-order chi connectivity index (χ0) is 24.1. The van der Waals surface area contributed by atoms with Crippen molar-refractivity contribution in [3.05, 3.63) is 23.8 Å². The predicted octanol–water partition coefficient (Wildman–Crippen LogP) is 4.52. The second kappa shape index (κ2) is 10.9. The zero-order valence-electron chi connectivity index (χ0n) is 20.2. The van der Waals surface area contributed by atoms with Crippen LogP contribution in [0, 0.1) is 11.8 Å². The first-order chi connectivity index (χ1) is 15.0. The highest BCUT2D eigenvalue weighted by molar-refractivity contribution is 5.81. The van der Waals surface area contributed by atoms with Gasteiger partial charge in [0, 0.05) is 20.1 Å². The molecular formula is C24H37NO7. The maximum atomic E-state index is 13.2. The van der Waals surface area contributed by atoms with Crippen molar-refractivity contribution < 1.29 is 33.6 Å². The molecule has 180 valence electrons. The minimum Gasteiger partial charge on any atom is -0.493 e. The predicted molar refractivity (Wildman–Crippen MR) is 120 cm³/mol. The van der Waals surface area contributed by atoms with Crippen LogP contribution in [0.4, 0.5) is 4.79 Å². The summed E-state index contributed by atoms with van der Waals surface area (Å²) in [6, 6.07) is 4.07. The first-order valence-corrected chi connectivity index (χ1v) is 11.0. The number of hydrogen-bond acceptors (Lipinski definition) is 6. The van der Waals surface area contributed by atoms with E-state index in [-0.39, 0.29) is 11.8 Å². The van der Waals surface area contributed by atoms with Crippen LogP contribution in [0.1, 0.15) is 59.1 Å². The van der Waals surface area contributed by atoms with Crippen LogP contribution in [-0.4, -0.2) is 61.1 Å². The highest BCUT2D eigenvalue weighted by Crippen LogP contribution is 2.47. The molecule has 1 saturated heterocycles. The van der Waals surface area contributed by atoms with Gasteiger partial charge in [-0.25, -0.2) is 9.59 Å². The third-order valence-corrected chi connectivity index (χ3v) is 5.56. The van der Waals surface area contributed by atoms with E-state index >= 15 is 0 Å². The molecule has 1 aliphatic heterocycles. The largest absolute Gasteiger partial charge is 0.493 e. The molecule has 0 radical (unpaired) electrons. The fourth-order valence-electron chi connectivity index (χ4n) is 4.10. The summed E-state index contributed by atoms with van der Waals surface area (Å²) >= 11 is 0. The number of rotatable bonds is 9. The van der Waals surface area contributed by atoms with Crippen LogP contribution >= 0.6 is 0 Å². The Balaban J connectivity index is 2.48. The van der Waals surface area contributed by atoms with Gasteiger partial charge in [-0.2, -0.15) is 0 Å². The zero-order valence-corrected chi connectivity index (χ0v) is 20.2. The summed E-state index contributed by atoms with van der Waals surface area (Å²) in [5, 5.41) is 9.89. The van der Waals surface area contributed by atoms with Gasteiger partial charge in [0.2, 0.25) is 0 Å². The summed E-state index contributed by atoms with van der Waals surface area (Å²) in [4.78, 5) is 26.6. The van der Waals surface area contributed by atoms with Crippen molar-refractivity contribution in [2.75, 3.05) is 27.4 Å². The Bertz CT molecular complexity index is 787. The number of carboxylic acids is 1. The topological polar surface area (TPSA) is 94.5 Å². The van der Waals surface area contributed by atoms with E-state index in [9.17, 15) is 14.7 Å². The molecule has 32 heavy (non-hydrogen) atoms. The number of benzene rings is 1. The third-order valence-electron chi connectivity index (χ3n) is 5.56. The Labute approximate surface area is 190 Å². The molecular weight excluding hydrogens is 414 g/mol. The molecule has 8 nitrogen and oxygen atoms in total. The lowest BCUT2D eigenvalue weighted by Gasteiger charge is -2.33. The number of carboxylic acid groups (broad SMARTS) is 1. The first kappa shape index (κ1) is 25.8. The Morgan fingerprint density at radius 2 is 1.84 bits per heavy atom. The molecule has 1 N–H and O–H groups in total. The third kappa shape index (κ3) is 6.28. The average molecular weight is 452 g/mol. The van der Waals surface area contributed by atoms with E-state index < -0.39 is 29.7 Å². The Hall–Kier alpha value is -2.48. The number of ether oxygens (including phenoxy) is 4. The van der Waals surface area contributed by atoms with Crippen molar-refractivity contribution in [1.29, 1.82) is 0 Å². The van der Waals surface area contributed by atoms with E-state index in [0.717, 1.165) is 5.56 Å². The second-order valence-corrected chi connectivity index (χ2v) is 9.44. The number of hydrogen-bond donors (Lipinski definition) is 1. The minimum absolute atomic E-state index is 0.0571. The second-order valence-electron chi connectivity index (χ2n) is 9.44. The van der Waals surface area contributed by atoms with Crippen LogP contribution in [-0.2, 0) is 14.3 Å². The summed E-state index contributed by atoms with van der Waals surface area (Å²) in [5.74, 6) is 0.185. The fraction of sp³-hybridized carbons (Fsp3) is 0.667. The molecule has 1 aliphatic rings. The van der Waals surface area contributed by atoms with Gasteiger partial charge < -0.3 is 24.1 Å². The van der Waals surface area contributed by atoms with Crippen LogP contribution in [0.5, 0.6) is 11.5 Å². The van der Waals surface area contributed by atoms with E-state index in [1.807, 2.05) is 26.0 Å². The quantitative estimate of drug-likeness (QED) is 0.552. The van der Waals surface area contributed by atoms with Crippen LogP contribution in [0.2, 0.25) is 0 Å². The smallest absolute Gasteiger partial charge is 0.411 e. The molecule has 1 heterocycles. The van der Waals surface area contributed by atoms with Crippen molar-refractivity contribution in [3.63, 3.8) is 0 Å². The molecule has 1 fully saturated rings. The normalized spacial score (nSPS) is 21.0. The average Bonchev–Trinajstić information content (AvgIpc) is 3.11. The van der Waals surface area contributed by atoms with E-state index in [2.05, 4.69) is 0 Å². The molecule has 1 aromatic carbocycles. The first-order valence-electron chi connectivity index (χ1n) is 11.0.